The fourth-order valence-corrected chi connectivity index (χ4v) is 3.71. The summed E-state index contributed by atoms with van der Waals surface area (Å²) in [4.78, 5) is 38.5. The van der Waals surface area contributed by atoms with Gasteiger partial charge < -0.3 is 19.9 Å². The van der Waals surface area contributed by atoms with Crippen LogP contribution < -0.4 is 10.6 Å². The first-order valence-electron chi connectivity index (χ1n) is 9.73. The van der Waals surface area contributed by atoms with Crippen molar-refractivity contribution >= 4 is 23.3 Å². The Labute approximate surface area is 184 Å². The molecule has 1 fully saturated rings. The van der Waals surface area contributed by atoms with Crippen molar-refractivity contribution in [1.29, 1.82) is 5.26 Å². The molecule has 0 spiro atoms. The standard InChI is InChI=1S/C23H21FN4O4/c1-5-23(8-9-32-12-23)27-22(31)20(29)18-13(2)19(28(4)14(18)3)21(30)26-16-6-7-17(24)15(10-16)11-25/h1,6-7,10H,8-9,12H2,2-4H3,(H,26,30)(H,27,31)/t23-/m0/s1. The lowest BCUT2D eigenvalue weighted by Gasteiger charge is -2.21. The van der Waals surface area contributed by atoms with E-state index in [9.17, 15) is 18.8 Å². The van der Waals surface area contributed by atoms with Gasteiger partial charge in [-0.25, -0.2) is 4.39 Å². The molecule has 0 unspecified atom stereocenters. The largest absolute Gasteiger partial charge is 0.378 e. The van der Waals surface area contributed by atoms with Crippen molar-refractivity contribution in [3.63, 3.8) is 0 Å². The van der Waals surface area contributed by atoms with Crippen molar-refractivity contribution in [3.8, 4) is 18.4 Å². The van der Waals surface area contributed by atoms with E-state index < -0.39 is 29.0 Å². The van der Waals surface area contributed by atoms with E-state index in [0.717, 1.165) is 6.07 Å². The SMILES string of the molecule is C#C[C@]1(NC(=O)C(=O)c2c(C)c(C(=O)Nc3ccc(F)c(C#N)c3)n(C)c2C)CCOC1. The molecule has 2 N–H and O–H groups in total. The topological polar surface area (TPSA) is 113 Å². The lowest BCUT2D eigenvalue weighted by Crippen LogP contribution is -2.50. The Hall–Kier alpha value is -3.95. The molecular formula is C23H21FN4O4. The van der Waals surface area contributed by atoms with Crippen molar-refractivity contribution < 1.29 is 23.5 Å². The van der Waals surface area contributed by atoms with Gasteiger partial charge in [0, 0.05) is 24.8 Å². The highest BCUT2D eigenvalue weighted by molar-refractivity contribution is 6.44. The minimum Gasteiger partial charge on any atom is -0.378 e. The molecule has 8 nitrogen and oxygen atoms in total. The van der Waals surface area contributed by atoms with E-state index in [-0.39, 0.29) is 29.1 Å². The highest BCUT2D eigenvalue weighted by Crippen LogP contribution is 2.24. The van der Waals surface area contributed by atoms with Crippen LogP contribution in [0.15, 0.2) is 18.2 Å². The summed E-state index contributed by atoms with van der Waals surface area (Å²) >= 11 is 0. The van der Waals surface area contributed by atoms with Crippen molar-refractivity contribution in [3.05, 3.63) is 52.1 Å². The summed E-state index contributed by atoms with van der Waals surface area (Å²) < 4.78 is 20.3. The van der Waals surface area contributed by atoms with Gasteiger partial charge in [-0.2, -0.15) is 5.26 Å². The zero-order chi connectivity index (χ0) is 23.6. The number of rotatable bonds is 5. The van der Waals surface area contributed by atoms with E-state index in [0.29, 0.717) is 24.3 Å². The van der Waals surface area contributed by atoms with Crippen LogP contribution in [-0.2, 0) is 16.6 Å². The van der Waals surface area contributed by atoms with Crippen LogP contribution in [0, 0.1) is 43.3 Å². The first-order valence-corrected chi connectivity index (χ1v) is 9.73. The molecule has 1 aliphatic heterocycles. The number of ketones is 1. The van der Waals surface area contributed by atoms with Crippen LogP contribution in [0.2, 0.25) is 0 Å². The molecule has 2 amide bonds. The normalized spacial score (nSPS) is 17.3. The van der Waals surface area contributed by atoms with Gasteiger partial charge in [-0.1, -0.05) is 5.92 Å². The molecule has 1 atom stereocenters. The Bertz CT molecular complexity index is 1210. The number of nitrogens with one attached hydrogen (secondary N) is 2. The Morgan fingerprint density at radius 3 is 2.62 bits per heavy atom. The molecule has 1 saturated heterocycles. The number of anilines is 1. The molecule has 0 radical (unpaired) electrons. The van der Waals surface area contributed by atoms with Gasteiger partial charge in [-0.05, 0) is 37.6 Å². The van der Waals surface area contributed by atoms with Gasteiger partial charge >= 0.3 is 0 Å². The maximum atomic E-state index is 13.5. The third kappa shape index (κ3) is 3.98. The van der Waals surface area contributed by atoms with E-state index in [1.807, 2.05) is 0 Å². The van der Waals surface area contributed by atoms with Crippen LogP contribution in [0.3, 0.4) is 0 Å². The van der Waals surface area contributed by atoms with Gasteiger partial charge in [0.25, 0.3) is 17.6 Å². The van der Waals surface area contributed by atoms with Gasteiger partial charge in [0.05, 0.1) is 24.3 Å². The molecule has 9 heteroatoms. The lowest BCUT2D eigenvalue weighted by atomic mass is 9.98. The second-order valence-electron chi connectivity index (χ2n) is 7.57. The zero-order valence-corrected chi connectivity index (χ0v) is 17.8. The fraction of sp³-hybridized carbons (Fsp3) is 0.304. The van der Waals surface area contributed by atoms with E-state index in [1.54, 1.807) is 27.0 Å². The summed E-state index contributed by atoms with van der Waals surface area (Å²) in [6.07, 6.45) is 5.92. The number of aromatic nitrogens is 1. The van der Waals surface area contributed by atoms with Gasteiger partial charge in [0.1, 0.15) is 23.1 Å². The molecule has 0 bridgehead atoms. The number of amides is 2. The smallest absolute Gasteiger partial charge is 0.293 e. The van der Waals surface area contributed by atoms with Gasteiger partial charge in [-0.3, -0.25) is 14.4 Å². The molecule has 2 heterocycles. The average molecular weight is 436 g/mol. The van der Waals surface area contributed by atoms with Crippen molar-refractivity contribution in [1.82, 2.24) is 9.88 Å². The predicted octanol–water partition coefficient (Wildman–Crippen LogP) is 2.00. The summed E-state index contributed by atoms with van der Waals surface area (Å²) in [7, 11) is 1.59. The predicted molar refractivity (Wildman–Crippen MR) is 113 cm³/mol. The molecule has 1 aliphatic rings. The molecule has 32 heavy (non-hydrogen) atoms. The molecule has 0 aliphatic carbocycles. The Balaban J connectivity index is 1.89. The van der Waals surface area contributed by atoms with Crippen LogP contribution in [0.4, 0.5) is 10.1 Å². The van der Waals surface area contributed by atoms with E-state index in [4.69, 9.17) is 16.4 Å². The number of benzene rings is 1. The number of hydrogen-bond acceptors (Lipinski definition) is 5. The Morgan fingerprint density at radius 2 is 2.03 bits per heavy atom. The maximum absolute atomic E-state index is 13.5. The van der Waals surface area contributed by atoms with E-state index in [2.05, 4.69) is 16.6 Å². The number of nitrogens with zero attached hydrogens (tertiary/aromatic N) is 2. The number of Topliss-reactive ketones (excluding diaryl/α,β-unsaturated/α-hetero) is 1. The van der Waals surface area contributed by atoms with Gasteiger partial charge in [0.15, 0.2) is 0 Å². The number of hydrogen-bond donors (Lipinski definition) is 2. The molecule has 3 rings (SSSR count). The number of carbonyl (C=O) groups is 3. The number of terminal acetylenes is 1. The minimum absolute atomic E-state index is 0.0954. The molecule has 164 valence electrons. The van der Waals surface area contributed by atoms with Crippen molar-refractivity contribution in [2.45, 2.75) is 25.8 Å². The summed E-state index contributed by atoms with van der Waals surface area (Å²) in [6.45, 7) is 3.67. The van der Waals surface area contributed by atoms with Crippen molar-refractivity contribution in [2.24, 2.45) is 7.05 Å². The quantitative estimate of drug-likeness (QED) is 0.423. The summed E-state index contributed by atoms with van der Waals surface area (Å²) in [5, 5.41) is 14.1. The lowest BCUT2D eigenvalue weighted by molar-refractivity contribution is -0.118. The summed E-state index contributed by atoms with van der Waals surface area (Å²) in [6, 6.07) is 5.31. The van der Waals surface area contributed by atoms with Gasteiger partial charge in [-0.15, -0.1) is 6.42 Å². The van der Waals surface area contributed by atoms with E-state index in [1.165, 1.54) is 16.7 Å². The summed E-state index contributed by atoms with van der Waals surface area (Å²) in [5.41, 5.74) is -0.0625. The van der Waals surface area contributed by atoms with E-state index >= 15 is 0 Å². The third-order valence-corrected chi connectivity index (χ3v) is 5.57. The fourth-order valence-electron chi connectivity index (χ4n) is 3.71. The first-order chi connectivity index (χ1) is 15.1. The van der Waals surface area contributed by atoms with Crippen LogP contribution in [-0.4, -0.2) is 40.9 Å². The molecular weight excluding hydrogens is 415 g/mol. The zero-order valence-electron chi connectivity index (χ0n) is 17.8. The molecule has 0 saturated carbocycles. The Kier molecular flexibility index (Phi) is 6.15. The average Bonchev–Trinajstić information content (AvgIpc) is 3.31. The summed E-state index contributed by atoms with van der Waals surface area (Å²) in [5.74, 6) is -0.482. The second kappa shape index (κ2) is 8.66. The van der Waals surface area contributed by atoms with Gasteiger partial charge in [0.2, 0.25) is 0 Å². The molecule has 2 aromatic rings. The monoisotopic (exact) mass is 436 g/mol. The van der Waals surface area contributed by atoms with Crippen LogP contribution in [0.5, 0.6) is 0 Å². The second-order valence-corrected chi connectivity index (χ2v) is 7.57. The molecule has 1 aromatic carbocycles. The number of nitriles is 1. The highest BCUT2D eigenvalue weighted by Gasteiger charge is 2.37. The van der Waals surface area contributed by atoms with Crippen LogP contribution in [0.25, 0.3) is 0 Å². The highest BCUT2D eigenvalue weighted by atomic mass is 19.1. The number of ether oxygens (including phenoxy) is 1. The Morgan fingerprint density at radius 1 is 1.31 bits per heavy atom. The maximum Gasteiger partial charge on any atom is 0.293 e. The number of carbonyl (C=O) groups excluding carboxylic acids is 3. The third-order valence-electron chi connectivity index (χ3n) is 5.57. The number of halogens is 1. The van der Waals surface area contributed by atoms with Crippen LogP contribution in [0.1, 0.15) is 44.1 Å². The van der Waals surface area contributed by atoms with Crippen molar-refractivity contribution in [2.75, 3.05) is 18.5 Å². The first kappa shape index (κ1) is 22.7. The minimum atomic E-state index is -1.04. The molecule has 1 aromatic heterocycles. The van der Waals surface area contributed by atoms with Crippen LogP contribution >= 0.6 is 0 Å².